The van der Waals surface area contributed by atoms with E-state index in [9.17, 15) is 4.79 Å². The molecule has 0 aliphatic carbocycles. The second-order valence-corrected chi connectivity index (χ2v) is 6.06. The van der Waals surface area contributed by atoms with Gasteiger partial charge < -0.3 is 14.8 Å². The van der Waals surface area contributed by atoms with Crippen molar-refractivity contribution in [2.45, 2.75) is 19.8 Å². The van der Waals surface area contributed by atoms with Crippen LogP contribution in [0.4, 0.5) is 0 Å². The molecule has 1 aromatic carbocycles. The molecule has 0 saturated carbocycles. The Morgan fingerprint density at radius 2 is 2.00 bits per heavy atom. The van der Waals surface area contributed by atoms with Crippen molar-refractivity contribution < 1.29 is 4.79 Å². The number of hydrogen-bond acceptors (Lipinski definition) is 3. The lowest BCUT2D eigenvalue weighted by Crippen LogP contribution is -2.40. The number of carbonyl (C=O) groups is 1. The van der Waals surface area contributed by atoms with Crippen LogP contribution in [0.5, 0.6) is 0 Å². The minimum absolute atomic E-state index is 0.143. The highest BCUT2D eigenvalue weighted by Gasteiger charge is 2.23. The van der Waals surface area contributed by atoms with Crippen molar-refractivity contribution in [1.29, 1.82) is 0 Å². The third-order valence-electron chi connectivity index (χ3n) is 4.50. The summed E-state index contributed by atoms with van der Waals surface area (Å²) in [6, 6.07) is 7.74. The van der Waals surface area contributed by atoms with Crippen molar-refractivity contribution in [3.63, 3.8) is 0 Å². The van der Waals surface area contributed by atoms with Gasteiger partial charge in [0.25, 0.3) is 5.91 Å². The fourth-order valence-corrected chi connectivity index (χ4v) is 3.06. The average molecular weight is 312 g/mol. The SMILES string of the molecule is CCNCC1CCN(C(=O)c2ccc(-n3ccnc3)cc2)CC1. The molecular formula is C18H24N4O. The van der Waals surface area contributed by atoms with Crippen LogP contribution in [-0.2, 0) is 0 Å². The molecule has 23 heavy (non-hydrogen) atoms. The van der Waals surface area contributed by atoms with Gasteiger partial charge in [0, 0.05) is 36.7 Å². The smallest absolute Gasteiger partial charge is 0.253 e. The van der Waals surface area contributed by atoms with Crippen LogP contribution in [-0.4, -0.2) is 46.5 Å². The zero-order chi connectivity index (χ0) is 16.1. The molecular weight excluding hydrogens is 288 g/mol. The van der Waals surface area contributed by atoms with Crippen molar-refractivity contribution >= 4 is 5.91 Å². The lowest BCUT2D eigenvalue weighted by molar-refractivity contribution is 0.0690. The standard InChI is InChI=1S/C18H24N4O/c1-2-19-13-15-7-10-21(11-8-15)18(23)16-3-5-17(6-4-16)22-12-9-20-14-22/h3-6,9,12,14-15,19H,2,7-8,10-11,13H2,1H3. The van der Waals surface area contributed by atoms with E-state index in [1.807, 2.05) is 39.9 Å². The molecule has 1 amide bonds. The normalized spacial score (nSPS) is 15.8. The van der Waals surface area contributed by atoms with Crippen molar-refractivity contribution in [1.82, 2.24) is 19.8 Å². The molecule has 122 valence electrons. The Labute approximate surface area is 137 Å². The predicted molar refractivity (Wildman–Crippen MR) is 90.7 cm³/mol. The van der Waals surface area contributed by atoms with E-state index in [1.54, 1.807) is 12.5 Å². The first kappa shape index (κ1) is 15.7. The second kappa shape index (κ2) is 7.42. The number of amides is 1. The van der Waals surface area contributed by atoms with E-state index in [0.29, 0.717) is 5.92 Å². The van der Waals surface area contributed by atoms with Crippen LogP contribution >= 0.6 is 0 Å². The van der Waals surface area contributed by atoms with Crippen LogP contribution in [0.25, 0.3) is 5.69 Å². The maximum Gasteiger partial charge on any atom is 0.253 e. The molecule has 1 aliphatic rings. The van der Waals surface area contributed by atoms with Crippen molar-refractivity contribution in [3.05, 3.63) is 48.5 Å². The minimum atomic E-state index is 0.143. The van der Waals surface area contributed by atoms with Gasteiger partial charge in [0.05, 0.1) is 6.33 Å². The summed E-state index contributed by atoms with van der Waals surface area (Å²) in [7, 11) is 0. The molecule has 0 bridgehead atoms. The highest BCUT2D eigenvalue weighted by atomic mass is 16.2. The average Bonchev–Trinajstić information content (AvgIpc) is 3.14. The molecule has 1 fully saturated rings. The molecule has 0 radical (unpaired) electrons. The molecule has 5 heteroatoms. The monoisotopic (exact) mass is 312 g/mol. The van der Waals surface area contributed by atoms with Crippen molar-refractivity contribution in [2.24, 2.45) is 5.92 Å². The molecule has 2 aromatic rings. The number of nitrogens with zero attached hydrogens (tertiary/aromatic N) is 3. The van der Waals surface area contributed by atoms with Crippen LogP contribution in [0.2, 0.25) is 0 Å². The van der Waals surface area contributed by atoms with Crippen LogP contribution in [0.1, 0.15) is 30.1 Å². The Balaban J connectivity index is 1.58. The molecule has 3 rings (SSSR count). The maximum atomic E-state index is 12.6. The first-order chi connectivity index (χ1) is 11.3. The summed E-state index contributed by atoms with van der Waals surface area (Å²) in [6.07, 6.45) is 7.58. The molecule has 0 unspecified atom stereocenters. The molecule has 1 saturated heterocycles. The number of aromatic nitrogens is 2. The highest BCUT2D eigenvalue weighted by Crippen LogP contribution is 2.19. The summed E-state index contributed by atoms with van der Waals surface area (Å²) in [5, 5.41) is 3.40. The summed E-state index contributed by atoms with van der Waals surface area (Å²) in [5.74, 6) is 0.840. The van der Waals surface area contributed by atoms with Gasteiger partial charge in [0.1, 0.15) is 0 Å². The highest BCUT2D eigenvalue weighted by molar-refractivity contribution is 5.94. The van der Waals surface area contributed by atoms with Gasteiger partial charge in [-0.15, -0.1) is 0 Å². The number of nitrogens with one attached hydrogen (secondary N) is 1. The maximum absolute atomic E-state index is 12.6. The number of likely N-dealkylation sites (tertiary alicyclic amines) is 1. The topological polar surface area (TPSA) is 50.2 Å². The molecule has 1 aliphatic heterocycles. The van der Waals surface area contributed by atoms with Gasteiger partial charge in [-0.3, -0.25) is 4.79 Å². The third-order valence-corrected chi connectivity index (χ3v) is 4.50. The summed E-state index contributed by atoms with van der Waals surface area (Å²) < 4.78 is 1.93. The molecule has 5 nitrogen and oxygen atoms in total. The van der Waals surface area contributed by atoms with Gasteiger partial charge in [-0.2, -0.15) is 0 Å². The van der Waals surface area contributed by atoms with Gasteiger partial charge in [-0.25, -0.2) is 4.98 Å². The number of imidazole rings is 1. The Morgan fingerprint density at radius 3 is 2.61 bits per heavy atom. The lowest BCUT2D eigenvalue weighted by atomic mass is 9.96. The zero-order valence-corrected chi connectivity index (χ0v) is 13.6. The Kier molecular flexibility index (Phi) is 5.08. The predicted octanol–water partition coefficient (Wildman–Crippen LogP) is 2.33. The fourth-order valence-electron chi connectivity index (χ4n) is 3.06. The van der Waals surface area contributed by atoms with E-state index < -0.39 is 0 Å². The van der Waals surface area contributed by atoms with Gasteiger partial charge in [-0.1, -0.05) is 6.92 Å². The first-order valence-electron chi connectivity index (χ1n) is 8.36. The van der Waals surface area contributed by atoms with E-state index in [1.165, 1.54) is 0 Å². The molecule has 1 N–H and O–H groups in total. The second-order valence-electron chi connectivity index (χ2n) is 6.06. The number of carbonyl (C=O) groups excluding carboxylic acids is 1. The Morgan fingerprint density at radius 1 is 1.26 bits per heavy atom. The van der Waals surface area contributed by atoms with Crippen LogP contribution in [0.15, 0.2) is 43.0 Å². The molecule has 2 heterocycles. The van der Waals surface area contributed by atoms with E-state index >= 15 is 0 Å². The summed E-state index contributed by atoms with van der Waals surface area (Å²) in [5.41, 5.74) is 1.78. The van der Waals surface area contributed by atoms with Crippen molar-refractivity contribution in [2.75, 3.05) is 26.2 Å². The quantitative estimate of drug-likeness (QED) is 0.922. The van der Waals surface area contributed by atoms with Crippen molar-refractivity contribution in [3.8, 4) is 5.69 Å². The molecule has 1 aromatic heterocycles. The van der Waals surface area contributed by atoms with E-state index in [-0.39, 0.29) is 5.91 Å². The van der Waals surface area contributed by atoms with E-state index in [2.05, 4.69) is 17.2 Å². The number of hydrogen-bond donors (Lipinski definition) is 1. The number of benzene rings is 1. The van der Waals surface area contributed by atoms with E-state index in [0.717, 1.165) is 50.3 Å². The van der Waals surface area contributed by atoms with Gasteiger partial charge in [0.15, 0.2) is 0 Å². The summed E-state index contributed by atoms with van der Waals surface area (Å²) in [6.45, 7) is 5.93. The summed E-state index contributed by atoms with van der Waals surface area (Å²) >= 11 is 0. The van der Waals surface area contributed by atoms with Gasteiger partial charge in [0.2, 0.25) is 0 Å². The number of piperidine rings is 1. The van der Waals surface area contributed by atoms with Crippen LogP contribution < -0.4 is 5.32 Å². The Hall–Kier alpha value is -2.14. The number of rotatable bonds is 5. The van der Waals surface area contributed by atoms with Crippen LogP contribution in [0, 0.1) is 5.92 Å². The third kappa shape index (κ3) is 3.79. The zero-order valence-electron chi connectivity index (χ0n) is 13.6. The summed E-state index contributed by atoms with van der Waals surface area (Å²) in [4.78, 5) is 18.6. The largest absolute Gasteiger partial charge is 0.339 e. The molecule has 0 atom stereocenters. The van der Waals surface area contributed by atoms with E-state index in [4.69, 9.17) is 0 Å². The first-order valence-corrected chi connectivity index (χ1v) is 8.36. The molecule has 0 spiro atoms. The van der Waals surface area contributed by atoms with Gasteiger partial charge >= 0.3 is 0 Å². The van der Waals surface area contributed by atoms with Gasteiger partial charge in [-0.05, 0) is 56.1 Å². The minimum Gasteiger partial charge on any atom is -0.339 e. The van der Waals surface area contributed by atoms with Crippen LogP contribution in [0.3, 0.4) is 0 Å². The lowest BCUT2D eigenvalue weighted by Gasteiger charge is -2.32. The Bertz CT molecular complexity index is 613. The fraction of sp³-hybridized carbons (Fsp3) is 0.444.